The molecule has 6 heteroatoms. The van der Waals surface area contributed by atoms with Crippen LogP contribution in [0.3, 0.4) is 0 Å². The minimum atomic E-state index is -3.46. The number of aromatic nitrogens is 1. The van der Waals surface area contributed by atoms with E-state index in [0.29, 0.717) is 6.54 Å². The van der Waals surface area contributed by atoms with Gasteiger partial charge < -0.3 is 5.73 Å². The average molecular weight is 255 g/mol. The highest BCUT2D eigenvalue weighted by molar-refractivity contribution is 7.89. The summed E-state index contributed by atoms with van der Waals surface area (Å²) in [4.78, 5) is 4.03. The van der Waals surface area contributed by atoms with Gasteiger partial charge in [0.2, 0.25) is 10.0 Å². The van der Waals surface area contributed by atoms with Gasteiger partial charge in [0.15, 0.2) is 0 Å². The molecule has 1 aliphatic rings. The van der Waals surface area contributed by atoms with E-state index in [9.17, 15) is 8.42 Å². The van der Waals surface area contributed by atoms with Gasteiger partial charge in [0.05, 0.1) is 4.90 Å². The zero-order valence-electron chi connectivity index (χ0n) is 10.0. The predicted molar refractivity (Wildman–Crippen MR) is 65.9 cm³/mol. The zero-order valence-corrected chi connectivity index (χ0v) is 10.9. The Kier molecular flexibility index (Phi) is 2.87. The van der Waals surface area contributed by atoms with Crippen molar-refractivity contribution in [3.8, 4) is 0 Å². The van der Waals surface area contributed by atoms with Crippen LogP contribution in [0.25, 0.3) is 0 Å². The van der Waals surface area contributed by atoms with Gasteiger partial charge in [-0.1, -0.05) is 0 Å². The first-order valence-electron chi connectivity index (χ1n) is 5.58. The average Bonchev–Trinajstić information content (AvgIpc) is 2.58. The maximum absolute atomic E-state index is 12.4. The minimum Gasteiger partial charge on any atom is -0.384 e. The lowest BCUT2D eigenvalue weighted by molar-refractivity contribution is 0.291. The Morgan fingerprint density at radius 2 is 2.18 bits per heavy atom. The van der Waals surface area contributed by atoms with Crippen LogP contribution in [0.4, 0.5) is 5.82 Å². The van der Waals surface area contributed by atoms with E-state index < -0.39 is 10.0 Å². The summed E-state index contributed by atoms with van der Waals surface area (Å²) >= 11 is 0. The number of nitrogens with zero attached hydrogens (tertiary/aromatic N) is 2. The Morgan fingerprint density at radius 1 is 1.47 bits per heavy atom. The van der Waals surface area contributed by atoms with Crippen molar-refractivity contribution in [3.05, 3.63) is 18.3 Å². The quantitative estimate of drug-likeness (QED) is 0.862. The number of nitrogens with two attached hydrogens (primary N) is 1. The SMILES string of the molecule is CC1(C)CCCN1S(=O)(=O)c1ccnc(N)c1. The van der Waals surface area contributed by atoms with Crippen LogP contribution in [-0.4, -0.2) is 29.8 Å². The molecule has 0 amide bonds. The number of sulfonamides is 1. The Labute approximate surface area is 102 Å². The molecule has 1 aliphatic heterocycles. The summed E-state index contributed by atoms with van der Waals surface area (Å²) in [6, 6.07) is 2.89. The van der Waals surface area contributed by atoms with Gasteiger partial charge in [0.25, 0.3) is 0 Å². The summed E-state index contributed by atoms with van der Waals surface area (Å²) in [6.07, 6.45) is 3.20. The van der Waals surface area contributed by atoms with E-state index in [1.165, 1.54) is 18.3 Å². The fraction of sp³-hybridized carbons (Fsp3) is 0.545. The lowest BCUT2D eigenvalue weighted by Crippen LogP contribution is -2.42. The summed E-state index contributed by atoms with van der Waals surface area (Å²) in [5.74, 6) is 0.225. The first-order valence-corrected chi connectivity index (χ1v) is 7.02. The van der Waals surface area contributed by atoms with E-state index in [-0.39, 0.29) is 16.3 Å². The lowest BCUT2D eigenvalue weighted by Gasteiger charge is -2.30. The molecule has 1 fully saturated rings. The molecule has 0 aromatic carbocycles. The van der Waals surface area contributed by atoms with Crippen molar-refractivity contribution in [2.24, 2.45) is 0 Å². The molecule has 17 heavy (non-hydrogen) atoms. The summed E-state index contributed by atoms with van der Waals surface area (Å²) in [7, 11) is -3.46. The molecule has 1 aromatic heterocycles. The maximum atomic E-state index is 12.4. The molecule has 0 atom stereocenters. The van der Waals surface area contributed by atoms with E-state index in [0.717, 1.165) is 12.8 Å². The summed E-state index contributed by atoms with van der Waals surface area (Å²) in [5, 5.41) is 0. The van der Waals surface area contributed by atoms with Crippen LogP contribution in [0.1, 0.15) is 26.7 Å². The largest absolute Gasteiger partial charge is 0.384 e. The fourth-order valence-corrected chi connectivity index (χ4v) is 4.11. The van der Waals surface area contributed by atoms with Crippen molar-refractivity contribution in [1.82, 2.24) is 9.29 Å². The maximum Gasteiger partial charge on any atom is 0.243 e. The highest BCUT2D eigenvalue weighted by Crippen LogP contribution is 2.33. The third-order valence-corrected chi connectivity index (χ3v) is 5.27. The van der Waals surface area contributed by atoms with Gasteiger partial charge in [-0.2, -0.15) is 4.31 Å². The van der Waals surface area contributed by atoms with Crippen LogP contribution >= 0.6 is 0 Å². The fourth-order valence-electron chi connectivity index (χ4n) is 2.24. The molecule has 0 spiro atoms. The molecule has 2 N–H and O–H groups in total. The third-order valence-electron chi connectivity index (χ3n) is 3.17. The van der Waals surface area contributed by atoms with Gasteiger partial charge in [0.1, 0.15) is 5.82 Å². The second-order valence-corrected chi connectivity index (χ2v) is 6.77. The zero-order chi connectivity index (χ0) is 12.7. The van der Waals surface area contributed by atoms with Crippen LogP contribution in [0.15, 0.2) is 23.2 Å². The summed E-state index contributed by atoms with van der Waals surface area (Å²) in [6.45, 7) is 4.46. The van der Waals surface area contributed by atoms with Crippen molar-refractivity contribution in [1.29, 1.82) is 0 Å². The first-order chi connectivity index (χ1) is 7.84. The number of nitrogen functional groups attached to an aromatic ring is 1. The number of hydrogen-bond donors (Lipinski definition) is 1. The van der Waals surface area contributed by atoms with Gasteiger partial charge in [0, 0.05) is 24.3 Å². The standard InChI is InChI=1S/C11H17N3O2S/c1-11(2)5-3-7-14(11)17(15,16)9-4-6-13-10(12)8-9/h4,6,8H,3,5,7H2,1-2H3,(H2,12,13). The van der Waals surface area contributed by atoms with E-state index >= 15 is 0 Å². The molecule has 2 heterocycles. The van der Waals surface area contributed by atoms with Gasteiger partial charge in [-0.25, -0.2) is 13.4 Å². The van der Waals surface area contributed by atoms with Gasteiger partial charge >= 0.3 is 0 Å². The minimum absolute atomic E-state index is 0.222. The van der Waals surface area contributed by atoms with Crippen molar-refractivity contribution >= 4 is 15.8 Å². The van der Waals surface area contributed by atoms with Crippen LogP contribution in [-0.2, 0) is 10.0 Å². The highest BCUT2D eigenvalue weighted by Gasteiger charge is 2.40. The molecular weight excluding hydrogens is 238 g/mol. The highest BCUT2D eigenvalue weighted by atomic mass is 32.2. The molecular formula is C11H17N3O2S. The Morgan fingerprint density at radius 3 is 2.71 bits per heavy atom. The number of hydrogen-bond acceptors (Lipinski definition) is 4. The molecule has 0 radical (unpaired) electrons. The molecule has 2 rings (SSSR count). The van der Waals surface area contributed by atoms with E-state index in [2.05, 4.69) is 4.98 Å². The summed E-state index contributed by atoms with van der Waals surface area (Å²) < 4.78 is 26.4. The number of rotatable bonds is 2. The molecule has 0 saturated carbocycles. The van der Waals surface area contributed by atoms with Crippen molar-refractivity contribution in [2.45, 2.75) is 37.1 Å². The lowest BCUT2D eigenvalue weighted by atomic mass is 10.0. The van der Waals surface area contributed by atoms with Gasteiger partial charge in [-0.3, -0.25) is 0 Å². The number of pyridine rings is 1. The first kappa shape index (κ1) is 12.3. The second kappa shape index (κ2) is 3.96. The molecule has 0 aliphatic carbocycles. The monoisotopic (exact) mass is 255 g/mol. The van der Waals surface area contributed by atoms with Crippen molar-refractivity contribution in [3.63, 3.8) is 0 Å². The predicted octanol–water partition coefficient (Wildman–Crippen LogP) is 1.23. The van der Waals surface area contributed by atoms with Crippen molar-refractivity contribution < 1.29 is 8.42 Å². The van der Waals surface area contributed by atoms with E-state index in [4.69, 9.17) is 5.73 Å². The normalized spacial score (nSPS) is 20.6. The number of anilines is 1. The van der Waals surface area contributed by atoms with Gasteiger partial charge in [-0.05, 0) is 32.8 Å². The molecule has 94 valence electrons. The van der Waals surface area contributed by atoms with Crippen LogP contribution in [0.2, 0.25) is 0 Å². The van der Waals surface area contributed by atoms with Crippen LogP contribution in [0.5, 0.6) is 0 Å². The molecule has 1 aromatic rings. The van der Waals surface area contributed by atoms with E-state index in [1.54, 1.807) is 4.31 Å². The van der Waals surface area contributed by atoms with Gasteiger partial charge in [-0.15, -0.1) is 0 Å². The van der Waals surface area contributed by atoms with Crippen LogP contribution in [0, 0.1) is 0 Å². The molecule has 1 saturated heterocycles. The van der Waals surface area contributed by atoms with Crippen molar-refractivity contribution in [2.75, 3.05) is 12.3 Å². The Balaban J connectivity index is 2.44. The summed E-state index contributed by atoms with van der Waals surface area (Å²) in [5.41, 5.74) is 5.20. The second-order valence-electron chi connectivity index (χ2n) is 4.91. The van der Waals surface area contributed by atoms with E-state index in [1.807, 2.05) is 13.8 Å². The smallest absolute Gasteiger partial charge is 0.243 e. The molecule has 0 unspecified atom stereocenters. The molecule has 5 nitrogen and oxygen atoms in total. The van der Waals surface area contributed by atoms with Crippen LogP contribution < -0.4 is 5.73 Å². The Hall–Kier alpha value is -1.14. The third kappa shape index (κ3) is 2.14. The topological polar surface area (TPSA) is 76.3 Å². The Bertz CT molecular complexity index is 525. The molecule has 0 bridgehead atoms.